The largest absolute Gasteiger partial charge is 0.294 e. The number of benzene rings is 1. The molecule has 0 saturated carbocycles. The van der Waals surface area contributed by atoms with Gasteiger partial charge < -0.3 is 0 Å². The van der Waals surface area contributed by atoms with E-state index in [1.165, 1.54) is 23.1 Å². The van der Waals surface area contributed by atoms with Crippen molar-refractivity contribution < 1.29 is 9.59 Å². The number of Topliss-reactive ketones (excluding diaryl/α,β-unsaturated/α-hetero) is 2. The van der Waals surface area contributed by atoms with Crippen molar-refractivity contribution in [2.24, 2.45) is 5.92 Å². The zero-order valence-corrected chi connectivity index (χ0v) is 13.8. The lowest BCUT2D eigenvalue weighted by Gasteiger charge is -2.05. The third-order valence-electron chi connectivity index (χ3n) is 2.94. The lowest BCUT2D eigenvalue weighted by Crippen LogP contribution is -2.03. The second-order valence-electron chi connectivity index (χ2n) is 5.23. The van der Waals surface area contributed by atoms with E-state index in [0.717, 1.165) is 15.3 Å². The summed E-state index contributed by atoms with van der Waals surface area (Å²) in [6.45, 7) is 4.08. The quantitative estimate of drug-likeness (QED) is 0.535. The Balaban J connectivity index is 1.91. The van der Waals surface area contributed by atoms with Crippen LogP contribution < -0.4 is 0 Å². The highest BCUT2D eigenvalue weighted by Crippen LogP contribution is 2.22. The van der Waals surface area contributed by atoms with Crippen molar-refractivity contribution in [3.63, 3.8) is 0 Å². The molecule has 2 nitrogen and oxygen atoms in total. The molecule has 0 atom stereocenters. The molecule has 0 N–H and O–H groups in total. The molecule has 1 aromatic heterocycles. The van der Waals surface area contributed by atoms with Crippen molar-refractivity contribution in [2.45, 2.75) is 25.2 Å². The average Bonchev–Trinajstić information content (AvgIpc) is 2.99. The lowest BCUT2D eigenvalue weighted by molar-refractivity contribution is 0.0966. The van der Waals surface area contributed by atoms with E-state index < -0.39 is 0 Å². The summed E-state index contributed by atoms with van der Waals surface area (Å²) in [6, 6.07) is 11.3. The fourth-order valence-electron chi connectivity index (χ4n) is 1.88. The predicted molar refractivity (Wildman–Crippen MR) is 89.6 cm³/mol. The van der Waals surface area contributed by atoms with Crippen molar-refractivity contribution in [3.05, 3.63) is 52.2 Å². The minimum absolute atomic E-state index is 0.148. The molecule has 2 aromatic rings. The van der Waals surface area contributed by atoms with Gasteiger partial charge >= 0.3 is 0 Å². The first kappa shape index (κ1) is 16.0. The molecule has 0 bridgehead atoms. The monoisotopic (exact) mass is 318 g/mol. The van der Waals surface area contributed by atoms with Gasteiger partial charge in [-0.1, -0.05) is 32.0 Å². The van der Waals surface area contributed by atoms with Crippen molar-refractivity contribution in [1.29, 1.82) is 0 Å². The molecule has 0 unspecified atom stereocenters. The van der Waals surface area contributed by atoms with Crippen LogP contribution >= 0.6 is 23.1 Å². The maximum atomic E-state index is 11.9. The molecule has 1 heterocycles. The summed E-state index contributed by atoms with van der Waals surface area (Å²) in [4.78, 5) is 25.7. The van der Waals surface area contributed by atoms with Crippen LogP contribution in [0.2, 0.25) is 0 Å². The van der Waals surface area contributed by atoms with Gasteiger partial charge in [0.15, 0.2) is 11.6 Å². The van der Waals surface area contributed by atoms with Gasteiger partial charge in [-0.3, -0.25) is 9.59 Å². The van der Waals surface area contributed by atoms with Gasteiger partial charge in [0.2, 0.25) is 0 Å². The Morgan fingerprint density at radius 3 is 2.38 bits per heavy atom. The highest BCUT2D eigenvalue weighted by Gasteiger charge is 2.10. The normalized spacial score (nSPS) is 10.8. The number of thioether (sulfide) groups is 1. The molecule has 1 aromatic carbocycles. The third-order valence-corrected chi connectivity index (χ3v) is 4.86. The van der Waals surface area contributed by atoms with E-state index in [0.29, 0.717) is 18.1 Å². The number of ketones is 2. The molecule has 110 valence electrons. The molecule has 2 rings (SSSR count). The summed E-state index contributed by atoms with van der Waals surface area (Å²) in [7, 11) is 0. The minimum Gasteiger partial charge on any atom is -0.294 e. The zero-order chi connectivity index (χ0) is 15.2. The van der Waals surface area contributed by atoms with Crippen LogP contribution in [0.3, 0.4) is 0 Å². The molecule has 4 heteroatoms. The Hall–Kier alpha value is -1.39. The summed E-state index contributed by atoms with van der Waals surface area (Å²) in [5.41, 5.74) is 0.748. The molecule has 0 saturated heterocycles. The van der Waals surface area contributed by atoms with Gasteiger partial charge in [0.1, 0.15) is 0 Å². The van der Waals surface area contributed by atoms with Gasteiger partial charge in [-0.25, -0.2) is 0 Å². The Kier molecular flexibility index (Phi) is 5.76. The van der Waals surface area contributed by atoms with Crippen LogP contribution in [0.1, 0.15) is 40.3 Å². The molecule has 0 spiro atoms. The fraction of sp³-hybridized carbons (Fsp3) is 0.294. The first-order valence-corrected chi connectivity index (χ1v) is 8.75. The van der Waals surface area contributed by atoms with E-state index in [4.69, 9.17) is 0 Å². The minimum atomic E-state index is 0.148. The Morgan fingerprint density at radius 1 is 1.10 bits per heavy atom. The van der Waals surface area contributed by atoms with E-state index in [-0.39, 0.29) is 11.6 Å². The van der Waals surface area contributed by atoms with Gasteiger partial charge in [-0.05, 0) is 29.5 Å². The number of carbonyl (C=O) groups excluding carboxylic acids is 2. The molecule has 21 heavy (non-hydrogen) atoms. The molecule has 0 fully saturated rings. The first-order chi connectivity index (χ1) is 10.1. The summed E-state index contributed by atoms with van der Waals surface area (Å²) in [5, 5.41) is 1.91. The van der Waals surface area contributed by atoms with Crippen molar-refractivity contribution in [3.8, 4) is 0 Å². The van der Waals surface area contributed by atoms with Gasteiger partial charge in [0.25, 0.3) is 0 Å². The second-order valence-corrected chi connectivity index (χ2v) is 7.23. The second kappa shape index (κ2) is 7.57. The van der Waals surface area contributed by atoms with Crippen LogP contribution in [0.25, 0.3) is 0 Å². The summed E-state index contributed by atoms with van der Waals surface area (Å²) >= 11 is 2.98. The molecule has 0 aliphatic heterocycles. The van der Waals surface area contributed by atoms with E-state index in [1.807, 2.05) is 55.6 Å². The van der Waals surface area contributed by atoms with Gasteiger partial charge in [0, 0.05) is 16.9 Å². The van der Waals surface area contributed by atoms with E-state index in [9.17, 15) is 9.59 Å². The number of hydrogen-bond acceptors (Lipinski definition) is 4. The number of carbonyl (C=O) groups is 2. The van der Waals surface area contributed by atoms with Crippen LogP contribution in [0.4, 0.5) is 0 Å². The maximum Gasteiger partial charge on any atom is 0.182 e. The molecule has 0 aliphatic rings. The van der Waals surface area contributed by atoms with Crippen molar-refractivity contribution >= 4 is 34.7 Å². The molecule has 0 radical (unpaired) electrons. The number of rotatable bonds is 7. The summed E-state index contributed by atoms with van der Waals surface area (Å²) in [5.74, 6) is 1.13. The van der Waals surface area contributed by atoms with Crippen molar-refractivity contribution in [1.82, 2.24) is 0 Å². The number of thiophene rings is 1. The number of hydrogen-bond donors (Lipinski definition) is 0. The molecule has 0 aliphatic carbocycles. The van der Waals surface area contributed by atoms with Gasteiger partial charge in [0.05, 0.1) is 10.6 Å². The highest BCUT2D eigenvalue weighted by molar-refractivity contribution is 8.00. The standard InChI is InChI=1S/C17H18O2S2/c1-12(2)10-15(18)13-5-7-14(8-6-13)21-11-16(19)17-4-3-9-20-17/h3-9,12H,10-11H2,1-2H3. The van der Waals surface area contributed by atoms with Crippen LogP contribution in [-0.4, -0.2) is 17.3 Å². The fourth-order valence-corrected chi connectivity index (χ4v) is 3.42. The van der Waals surface area contributed by atoms with Crippen LogP contribution in [0, 0.1) is 5.92 Å². The molecule has 0 amide bonds. The lowest BCUT2D eigenvalue weighted by atomic mass is 10.0. The summed E-state index contributed by atoms with van der Waals surface area (Å²) < 4.78 is 0. The molecular formula is C17H18O2S2. The van der Waals surface area contributed by atoms with E-state index in [1.54, 1.807) is 0 Å². The highest BCUT2D eigenvalue weighted by atomic mass is 32.2. The Labute approximate surface area is 133 Å². The average molecular weight is 318 g/mol. The maximum absolute atomic E-state index is 11.9. The van der Waals surface area contributed by atoms with Gasteiger partial charge in [-0.15, -0.1) is 23.1 Å². The van der Waals surface area contributed by atoms with E-state index in [2.05, 4.69) is 0 Å². The zero-order valence-electron chi connectivity index (χ0n) is 12.2. The third kappa shape index (κ3) is 4.83. The predicted octanol–water partition coefficient (Wildman–Crippen LogP) is 4.95. The first-order valence-electron chi connectivity index (χ1n) is 6.89. The van der Waals surface area contributed by atoms with Gasteiger partial charge in [-0.2, -0.15) is 0 Å². The summed E-state index contributed by atoms with van der Waals surface area (Å²) in [6.07, 6.45) is 0.573. The SMILES string of the molecule is CC(C)CC(=O)c1ccc(SCC(=O)c2cccs2)cc1. The smallest absolute Gasteiger partial charge is 0.182 e. The Morgan fingerprint density at radius 2 is 1.81 bits per heavy atom. The van der Waals surface area contributed by atoms with E-state index >= 15 is 0 Å². The molecular weight excluding hydrogens is 300 g/mol. The van der Waals surface area contributed by atoms with Crippen LogP contribution in [-0.2, 0) is 0 Å². The topological polar surface area (TPSA) is 34.1 Å². The van der Waals surface area contributed by atoms with Crippen molar-refractivity contribution in [2.75, 3.05) is 5.75 Å². The Bertz CT molecular complexity index is 598. The van der Waals surface area contributed by atoms with Crippen LogP contribution in [0.15, 0.2) is 46.7 Å². The van der Waals surface area contributed by atoms with Crippen LogP contribution in [0.5, 0.6) is 0 Å².